The molecule has 3 N–H and O–H groups in total. The standard InChI is InChI=1S/C32H45N7O5/c1-20-17-21(5-8-24(20)29(41)38-18-22-6-7-23(19-38)43-22)35-27-26-25(9-14-34-28(26)40)39(36-27)32(10-13-33)11-15-37(16-12-32)30(42)44-31(2,3)4/h5,8,17,22-23,25-27,35-36H,6-7,9-12,14-16,18-19H2,1-4H3,(H,34,40). The highest BCUT2D eigenvalue weighted by Crippen LogP contribution is 2.40. The fraction of sp³-hybridized carbons (Fsp3) is 0.688. The van der Waals surface area contributed by atoms with Crippen LogP contribution in [0.1, 0.15) is 75.2 Å². The molecule has 0 saturated carbocycles. The second kappa shape index (κ2) is 11.8. The number of hydrazine groups is 1. The third kappa shape index (κ3) is 5.97. The monoisotopic (exact) mass is 607 g/mol. The lowest BCUT2D eigenvalue weighted by Gasteiger charge is -2.48. The predicted octanol–water partition coefficient (Wildman–Crippen LogP) is 2.74. The first kappa shape index (κ1) is 30.6. The quantitative estimate of drug-likeness (QED) is 0.461. The first-order valence-corrected chi connectivity index (χ1v) is 16.0. The Hall–Kier alpha value is -3.40. The number of benzene rings is 1. The van der Waals surface area contributed by atoms with E-state index < -0.39 is 17.3 Å². The number of nitrogens with zero attached hydrogens (tertiary/aromatic N) is 4. The summed E-state index contributed by atoms with van der Waals surface area (Å²) >= 11 is 0. The summed E-state index contributed by atoms with van der Waals surface area (Å²) in [5, 5.41) is 18.6. The molecule has 2 bridgehead atoms. The molecule has 5 saturated heterocycles. The molecule has 3 amide bonds. The lowest BCUT2D eigenvalue weighted by Crippen LogP contribution is -2.62. The number of ether oxygens (including phenoxy) is 2. The number of anilines is 1. The van der Waals surface area contributed by atoms with Gasteiger partial charge in [0.15, 0.2) is 0 Å². The van der Waals surface area contributed by atoms with Gasteiger partial charge in [-0.2, -0.15) is 5.26 Å². The van der Waals surface area contributed by atoms with E-state index in [0.29, 0.717) is 51.1 Å². The minimum Gasteiger partial charge on any atom is -0.444 e. The molecule has 5 heterocycles. The molecule has 5 fully saturated rings. The maximum Gasteiger partial charge on any atom is 0.410 e. The smallest absolute Gasteiger partial charge is 0.410 e. The molecule has 5 unspecified atom stereocenters. The van der Waals surface area contributed by atoms with Gasteiger partial charge < -0.3 is 29.9 Å². The number of piperidine rings is 2. The average Bonchev–Trinajstić information content (AvgIpc) is 3.52. The van der Waals surface area contributed by atoms with Gasteiger partial charge in [-0.1, -0.05) is 0 Å². The molecule has 12 heteroatoms. The Morgan fingerprint density at radius 2 is 1.84 bits per heavy atom. The fourth-order valence-corrected chi connectivity index (χ4v) is 7.62. The van der Waals surface area contributed by atoms with Gasteiger partial charge in [0.05, 0.1) is 36.2 Å². The lowest BCUT2D eigenvalue weighted by molar-refractivity contribution is -0.128. The minimum atomic E-state index is -0.581. The van der Waals surface area contributed by atoms with Crippen molar-refractivity contribution in [2.45, 2.75) is 102 Å². The highest BCUT2D eigenvalue weighted by Gasteiger charge is 2.55. The second-order valence-electron chi connectivity index (χ2n) is 14.0. The minimum absolute atomic E-state index is 0.0299. The number of hydrogen-bond donors (Lipinski definition) is 3. The van der Waals surface area contributed by atoms with Crippen LogP contribution in [0.15, 0.2) is 18.2 Å². The number of carbonyl (C=O) groups excluding carboxylic acids is 3. The van der Waals surface area contributed by atoms with Crippen LogP contribution in [-0.2, 0) is 14.3 Å². The number of nitriles is 1. The van der Waals surface area contributed by atoms with Gasteiger partial charge in [-0.3, -0.25) is 9.59 Å². The van der Waals surface area contributed by atoms with Crippen molar-refractivity contribution in [3.05, 3.63) is 29.3 Å². The number of aryl methyl sites for hydroxylation is 1. The molecular formula is C32H45N7O5. The number of likely N-dealkylation sites (tertiary alicyclic amines) is 2. The lowest BCUT2D eigenvalue weighted by atomic mass is 9.81. The number of nitrogens with one attached hydrogen (secondary N) is 3. The second-order valence-corrected chi connectivity index (χ2v) is 14.0. The molecule has 5 aliphatic rings. The van der Waals surface area contributed by atoms with E-state index in [-0.39, 0.29) is 48.5 Å². The molecule has 1 aromatic rings. The molecule has 0 spiro atoms. The number of amides is 3. The summed E-state index contributed by atoms with van der Waals surface area (Å²) in [6.07, 6.45) is 3.74. The molecule has 0 aromatic heterocycles. The van der Waals surface area contributed by atoms with E-state index in [1.807, 2.05) is 50.8 Å². The van der Waals surface area contributed by atoms with Crippen molar-refractivity contribution in [2.75, 3.05) is 38.0 Å². The summed E-state index contributed by atoms with van der Waals surface area (Å²) in [5.41, 5.74) is 4.84. The van der Waals surface area contributed by atoms with E-state index in [4.69, 9.17) is 9.47 Å². The molecule has 12 nitrogen and oxygen atoms in total. The zero-order valence-electron chi connectivity index (χ0n) is 26.2. The van der Waals surface area contributed by atoms with Gasteiger partial charge in [0.1, 0.15) is 11.8 Å². The topological polar surface area (TPSA) is 139 Å². The van der Waals surface area contributed by atoms with Crippen LogP contribution in [-0.4, -0.2) is 101 Å². The highest BCUT2D eigenvalue weighted by molar-refractivity contribution is 5.96. The predicted molar refractivity (Wildman–Crippen MR) is 162 cm³/mol. The summed E-state index contributed by atoms with van der Waals surface area (Å²) in [4.78, 5) is 43.1. The van der Waals surface area contributed by atoms with Gasteiger partial charge in [0.2, 0.25) is 5.91 Å². The number of morpholine rings is 1. The van der Waals surface area contributed by atoms with Crippen molar-refractivity contribution in [1.82, 2.24) is 25.6 Å². The molecule has 44 heavy (non-hydrogen) atoms. The summed E-state index contributed by atoms with van der Waals surface area (Å²) in [6, 6.07) is 8.01. The Balaban J connectivity index is 1.18. The largest absolute Gasteiger partial charge is 0.444 e. The Morgan fingerprint density at radius 3 is 2.48 bits per heavy atom. The third-order valence-electron chi connectivity index (χ3n) is 9.80. The van der Waals surface area contributed by atoms with E-state index in [2.05, 4.69) is 27.1 Å². The first-order valence-electron chi connectivity index (χ1n) is 16.0. The molecule has 5 aliphatic heterocycles. The Bertz CT molecular complexity index is 1320. The number of hydrogen-bond acceptors (Lipinski definition) is 9. The van der Waals surface area contributed by atoms with Crippen LogP contribution >= 0.6 is 0 Å². The Kier molecular flexibility index (Phi) is 8.24. The van der Waals surface area contributed by atoms with E-state index in [1.165, 1.54) is 0 Å². The van der Waals surface area contributed by atoms with E-state index in [1.54, 1.807) is 4.90 Å². The van der Waals surface area contributed by atoms with Gasteiger partial charge in [0, 0.05) is 50.0 Å². The van der Waals surface area contributed by atoms with Crippen molar-refractivity contribution in [2.24, 2.45) is 5.92 Å². The van der Waals surface area contributed by atoms with Gasteiger partial charge in [-0.15, -0.1) is 0 Å². The van der Waals surface area contributed by atoms with Crippen LogP contribution in [0.5, 0.6) is 0 Å². The molecule has 1 aromatic carbocycles. The van der Waals surface area contributed by atoms with Crippen LogP contribution in [0.2, 0.25) is 0 Å². The van der Waals surface area contributed by atoms with Crippen LogP contribution in [0.3, 0.4) is 0 Å². The van der Waals surface area contributed by atoms with E-state index >= 15 is 0 Å². The van der Waals surface area contributed by atoms with Gasteiger partial charge >= 0.3 is 6.09 Å². The van der Waals surface area contributed by atoms with Gasteiger partial charge in [-0.25, -0.2) is 15.2 Å². The van der Waals surface area contributed by atoms with E-state index in [0.717, 1.165) is 30.5 Å². The van der Waals surface area contributed by atoms with Crippen molar-refractivity contribution in [1.29, 1.82) is 5.26 Å². The van der Waals surface area contributed by atoms with Gasteiger partial charge in [-0.05, 0) is 83.6 Å². The summed E-state index contributed by atoms with van der Waals surface area (Å²) < 4.78 is 11.5. The van der Waals surface area contributed by atoms with Crippen LogP contribution in [0.25, 0.3) is 0 Å². The maximum absolute atomic E-state index is 13.4. The van der Waals surface area contributed by atoms with Crippen molar-refractivity contribution in [3.8, 4) is 6.07 Å². The normalized spacial score (nSPS) is 29.9. The fourth-order valence-electron chi connectivity index (χ4n) is 7.62. The number of rotatable bonds is 5. The van der Waals surface area contributed by atoms with E-state index in [9.17, 15) is 19.6 Å². The van der Waals surface area contributed by atoms with Crippen LogP contribution in [0.4, 0.5) is 10.5 Å². The molecule has 238 valence electrons. The zero-order chi connectivity index (χ0) is 31.2. The number of fused-ring (bicyclic) bond motifs is 3. The summed E-state index contributed by atoms with van der Waals surface area (Å²) in [7, 11) is 0. The molecule has 0 aliphatic carbocycles. The Labute approximate surface area is 259 Å². The van der Waals surface area contributed by atoms with Gasteiger partial charge in [0.25, 0.3) is 5.91 Å². The van der Waals surface area contributed by atoms with Crippen molar-refractivity contribution >= 4 is 23.6 Å². The third-order valence-corrected chi connectivity index (χ3v) is 9.80. The Morgan fingerprint density at radius 1 is 1.14 bits per heavy atom. The first-order chi connectivity index (χ1) is 21.0. The molecule has 5 atom stereocenters. The van der Waals surface area contributed by atoms with Crippen LogP contribution < -0.4 is 16.1 Å². The molecular weight excluding hydrogens is 562 g/mol. The van der Waals surface area contributed by atoms with Crippen molar-refractivity contribution in [3.63, 3.8) is 0 Å². The SMILES string of the molecule is Cc1cc(NC2NN(C3(CC#N)CCN(C(=O)OC(C)(C)C)CC3)C3CCNC(=O)C23)ccc1C(=O)N1CC2CCC(C1)O2. The summed E-state index contributed by atoms with van der Waals surface area (Å²) in [5.74, 6) is -0.381. The number of carbonyl (C=O) groups is 3. The highest BCUT2D eigenvalue weighted by atomic mass is 16.6. The van der Waals surface area contributed by atoms with Crippen molar-refractivity contribution < 1.29 is 23.9 Å². The average molecular weight is 608 g/mol. The molecule has 0 radical (unpaired) electrons. The maximum atomic E-state index is 13.4. The summed E-state index contributed by atoms with van der Waals surface area (Å²) in [6.45, 7) is 10.3. The molecule has 6 rings (SSSR count). The van der Waals surface area contributed by atoms with Crippen LogP contribution in [0, 0.1) is 24.2 Å². The zero-order valence-corrected chi connectivity index (χ0v) is 26.2.